The second-order valence-electron chi connectivity index (χ2n) is 10.6. The molecule has 0 bridgehead atoms. The van der Waals surface area contributed by atoms with E-state index in [-0.39, 0.29) is 48.4 Å². The number of nitro groups is 2. The van der Waals surface area contributed by atoms with Crippen molar-refractivity contribution in [2.75, 3.05) is 26.9 Å². The van der Waals surface area contributed by atoms with Gasteiger partial charge in [-0.3, -0.25) is 29.6 Å². The van der Waals surface area contributed by atoms with Crippen molar-refractivity contribution in [3.63, 3.8) is 0 Å². The number of hydrogen-bond acceptors (Lipinski definition) is 14. The van der Waals surface area contributed by atoms with E-state index in [2.05, 4.69) is 9.73 Å². The molecule has 0 aliphatic carbocycles. The highest BCUT2D eigenvalue weighted by atomic mass is 32.1. The first-order chi connectivity index (χ1) is 24.4. The van der Waals surface area contributed by atoms with Crippen LogP contribution in [0.15, 0.2) is 81.7 Å². The van der Waals surface area contributed by atoms with Crippen molar-refractivity contribution < 1.29 is 43.1 Å². The van der Waals surface area contributed by atoms with Crippen LogP contribution in [0.1, 0.15) is 37.9 Å². The normalized spacial score (nSPS) is 13.9. The fourth-order valence-electron chi connectivity index (χ4n) is 5.14. The van der Waals surface area contributed by atoms with E-state index in [0.717, 1.165) is 29.5 Å². The minimum atomic E-state index is -0.954. The zero-order valence-electron chi connectivity index (χ0n) is 27.6. The van der Waals surface area contributed by atoms with Gasteiger partial charge in [0, 0.05) is 6.07 Å². The number of ether oxygens (including phenoxy) is 5. The van der Waals surface area contributed by atoms with Gasteiger partial charge in [-0.2, -0.15) is 0 Å². The summed E-state index contributed by atoms with van der Waals surface area (Å²) in [5.41, 5.74) is 0.126. The number of nitro benzene ring substituents is 2. The van der Waals surface area contributed by atoms with E-state index in [0.29, 0.717) is 26.2 Å². The highest BCUT2D eigenvalue weighted by molar-refractivity contribution is 7.07. The van der Waals surface area contributed by atoms with E-state index in [9.17, 15) is 34.6 Å². The van der Waals surface area contributed by atoms with Crippen LogP contribution in [0, 0.1) is 20.2 Å². The molecule has 17 heteroatoms. The molecule has 0 radical (unpaired) electrons. The number of carbonyl (C=O) groups excluding carboxylic acids is 2. The zero-order valence-corrected chi connectivity index (χ0v) is 28.5. The highest BCUT2D eigenvalue weighted by Crippen LogP contribution is 2.37. The Morgan fingerprint density at radius 2 is 1.67 bits per heavy atom. The van der Waals surface area contributed by atoms with Gasteiger partial charge in [0.15, 0.2) is 22.9 Å². The van der Waals surface area contributed by atoms with Crippen molar-refractivity contribution in [2.45, 2.75) is 26.8 Å². The predicted molar refractivity (Wildman–Crippen MR) is 182 cm³/mol. The summed E-state index contributed by atoms with van der Waals surface area (Å²) in [5, 5.41) is 22.6. The van der Waals surface area contributed by atoms with Gasteiger partial charge in [0.05, 0.1) is 58.1 Å². The Morgan fingerprint density at radius 3 is 2.31 bits per heavy atom. The number of rotatable bonds is 13. The lowest BCUT2D eigenvalue weighted by Crippen LogP contribution is -2.40. The first kappa shape index (κ1) is 35.9. The molecule has 0 amide bonds. The van der Waals surface area contributed by atoms with E-state index in [1.807, 2.05) is 0 Å². The van der Waals surface area contributed by atoms with E-state index in [4.69, 9.17) is 18.9 Å². The third-order valence-electron chi connectivity index (χ3n) is 7.43. The van der Waals surface area contributed by atoms with Gasteiger partial charge < -0.3 is 23.7 Å². The number of aromatic nitrogens is 1. The number of allylic oxidation sites excluding steroid dienone is 1. The topological polar surface area (TPSA) is 201 Å². The summed E-state index contributed by atoms with van der Waals surface area (Å²) in [7, 11) is 1.24. The Morgan fingerprint density at radius 1 is 0.941 bits per heavy atom. The van der Waals surface area contributed by atoms with Gasteiger partial charge in [-0.1, -0.05) is 29.5 Å². The molecule has 4 aromatic rings. The Labute approximate surface area is 292 Å². The van der Waals surface area contributed by atoms with Gasteiger partial charge in [-0.25, -0.2) is 14.6 Å². The second kappa shape index (κ2) is 15.5. The molecule has 1 aromatic heterocycles. The summed E-state index contributed by atoms with van der Waals surface area (Å²) >= 11 is 1.11. The molecule has 0 spiro atoms. The molecule has 51 heavy (non-hydrogen) atoms. The zero-order chi connectivity index (χ0) is 36.8. The Balaban J connectivity index is 1.54. The largest absolute Gasteiger partial charge is 0.490 e. The van der Waals surface area contributed by atoms with Gasteiger partial charge in [-0.05, 0) is 68.3 Å². The predicted octanol–water partition coefficient (Wildman–Crippen LogP) is 4.36. The molecule has 3 aromatic carbocycles. The van der Waals surface area contributed by atoms with Crippen molar-refractivity contribution in [1.82, 2.24) is 4.57 Å². The Bertz CT molecular complexity index is 2240. The number of esters is 2. The van der Waals surface area contributed by atoms with Crippen molar-refractivity contribution in [1.29, 1.82) is 0 Å². The molecule has 5 rings (SSSR count). The molecule has 16 nitrogen and oxygen atoms in total. The molecule has 1 aliphatic rings. The summed E-state index contributed by atoms with van der Waals surface area (Å²) in [6.07, 6.45) is 1.62. The van der Waals surface area contributed by atoms with Gasteiger partial charge in [0.25, 0.3) is 11.2 Å². The van der Waals surface area contributed by atoms with Crippen LogP contribution in [-0.4, -0.2) is 53.3 Å². The molecule has 1 atom stereocenters. The summed E-state index contributed by atoms with van der Waals surface area (Å²) in [6.45, 7) is 5.09. The molecule has 0 saturated heterocycles. The van der Waals surface area contributed by atoms with Crippen molar-refractivity contribution in [3.8, 4) is 23.0 Å². The average molecular weight is 719 g/mol. The fraction of sp³-hybridized carbons (Fsp3) is 0.235. The molecule has 1 aliphatic heterocycles. The molecule has 264 valence electrons. The standard InChI is InChI=1S/C34H30N4O12S/c1-5-47-27-16-21(9-13-26(27)49-18-29(39)46-4)31-30(33(41)48-6-2)19(3)35-34-36(31)32(40)28(51-34)15-20-7-11-23(12-8-20)50-25-14-10-22(37(42)43)17-24(25)38(44)45/h7-17,31H,5-6,18H2,1-4H3/b28-15-/t31-/m0/s1. The summed E-state index contributed by atoms with van der Waals surface area (Å²) in [5.74, 6) is -0.676. The number of non-ortho nitro benzene ring substituents is 1. The van der Waals surface area contributed by atoms with Gasteiger partial charge >= 0.3 is 17.6 Å². The Kier molecular flexibility index (Phi) is 10.9. The third kappa shape index (κ3) is 7.78. The maximum absolute atomic E-state index is 14.1. The van der Waals surface area contributed by atoms with E-state index < -0.39 is 44.8 Å². The van der Waals surface area contributed by atoms with Crippen LogP contribution in [0.25, 0.3) is 6.08 Å². The SMILES string of the molecule is CCOC(=O)C1=C(C)N=c2s/c(=C\c3ccc(Oc4ccc([N+](=O)[O-])cc4[N+](=O)[O-])cc3)c(=O)n2[C@H]1c1ccc(OCC(=O)OC)c(OCC)c1. The number of benzene rings is 3. The van der Waals surface area contributed by atoms with E-state index >= 15 is 0 Å². The summed E-state index contributed by atoms with van der Waals surface area (Å²) in [6, 6.07) is 13.3. The van der Waals surface area contributed by atoms with Crippen LogP contribution in [-0.2, 0) is 19.1 Å². The fourth-order valence-corrected chi connectivity index (χ4v) is 6.19. The van der Waals surface area contributed by atoms with Gasteiger partial charge in [-0.15, -0.1) is 0 Å². The average Bonchev–Trinajstić information content (AvgIpc) is 3.41. The van der Waals surface area contributed by atoms with E-state index in [1.54, 1.807) is 57.2 Å². The molecule has 0 unspecified atom stereocenters. The van der Waals surface area contributed by atoms with Gasteiger partial charge in [0.2, 0.25) is 5.75 Å². The van der Waals surface area contributed by atoms with Crippen molar-refractivity contribution in [3.05, 3.63) is 123 Å². The number of methoxy groups -OCH3 is 1. The number of carbonyl (C=O) groups is 2. The first-order valence-electron chi connectivity index (χ1n) is 15.3. The van der Waals surface area contributed by atoms with Crippen LogP contribution in [0.2, 0.25) is 0 Å². The first-order valence-corrected chi connectivity index (χ1v) is 16.1. The quantitative estimate of drug-likeness (QED) is 0.108. The molecule has 0 fully saturated rings. The van der Waals surface area contributed by atoms with Crippen LogP contribution in [0.4, 0.5) is 11.4 Å². The highest BCUT2D eigenvalue weighted by Gasteiger charge is 2.34. The van der Waals surface area contributed by atoms with Gasteiger partial charge in [0.1, 0.15) is 5.75 Å². The maximum Gasteiger partial charge on any atom is 0.343 e. The lowest BCUT2D eigenvalue weighted by atomic mass is 9.95. The molecule has 0 N–H and O–H groups in total. The second-order valence-corrected chi connectivity index (χ2v) is 11.7. The van der Waals surface area contributed by atoms with Crippen LogP contribution < -0.4 is 29.1 Å². The molecular weight excluding hydrogens is 688 g/mol. The number of fused-ring (bicyclic) bond motifs is 1. The molecular formula is C34H30N4O12S. The summed E-state index contributed by atoms with van der Waals surface area (Å²) < 4.78 is 28.8. The smallest absolute Gasteiger partial charge is 0.343 e. The number of hydrogen-bond donors (Lipinski definition) is 0. The molecule has 2 heterocycles. The number of thiazole rings is 1. The van der Waals surface area contributed by atoms with Crippen LogP contribution >= 0.6 is 11.3 Å². The monoisotopic (exact) mass is 718 g/mol. The van der Waals surface area contributed by atoms with E-state index in [1.165, 1.54) is 23.8 Å². The van der Waals surface area contributed by atoms with Crippen LogP contribution in [0.5, 0.6) is 23.0 Å². The lowest BCUT2D eigenvalue weighted by Gasteiger charge is -2.25. The van der Waals surface area contributed by atoms with Crippen molar-refractivity contribution in [2.24, 2.45) is 4.99 Å². The lowest BCUT2D eigenvalue weighted by molar-refractivity contribution is -0.394. The van der Waals surface area contributed by atoms with Crippen LogP contribution in [0.3, 0.4) is 0 Å². The minimum Gasteiger partial charge on any atom is -0.490 e. The third-order valence-corrected chi connectivity index (χ3v) is 8.41. The Hall–Kier alpha value is -6.36. The number of nitrogens with zero attached hydrogens (tertiary/aromatic N) is 4. The minimum absolute atomic E-state index is 0.0918. The summed E-state index contributed by atoms with van der Waals surface area (Å²) in [4.78, 5) is 65.1. The van der Waals surface area contributed by atoms with Crippen molar-refractivity contribution >= 4 is 40.7 Å². The maximum atomic E-state index is 14.1. The molecule has 0 saturated carbocycles.